The predicted molar refractivity (Wildman–Crippen MR) is 91.0 cm³/mol. The SMILES string of the molecule is c1ccc(CCc2nccc(-c3c[nH]c4ncccc34)n2)cc1. The Balaban J connectivity index is 1.61. The smallest absolute Gasteiger partial charge is 0.137 e. The normalized spacial score (nSPS) is 11.0. The summed E-state index contributed by atoms with van der Waals surface area (Å²) in [5.74, 6) is 0.865. The van der Waals surface area contributed by atoms with Gasteiger partial charge in [-0.15, -0.1) is 0 Å². The summed E-state index contributed by atoms with van der Waals surface area (Å²) in [5, 5.41) is 1.08. The van der Waals surface area contributed by atoms with Crippen molar-refractivity contribution in [2.75, 3.05) is 0 Å². The lowest BCUT2D eigenvalue weighted by molar-refractivity contribution is 0.860. The van der Waals surface area contributed by atoms with E-state index in [4.69, 9.17) is 4.98 Å². The molecule has 23 heavy (non-hydrogen) atoms. The first kappa shape index (κ1) is 13.6. The van der Waals surface area contributed by atoms with E-state index in [1.165, 1.54) is 5.56 Å². The van der Waals surface area contributed by atoms with Crippen molar-refractivity contribution in [1.82, 2.24) is 19.9 Å². The van der Waals surface area contributed by atoms with Crippen LogP contribution in [0.3, 0.4) is 0 Å². The summed E-state index contributed by atoms with van der Waals surface area (Å²) in [6.07, 6.45) is 7.35. The van der Waals surface area contributed by atoms with Crippen molar-refractivity contribution >= 4 is 11.0 Å². The summed E-state index contributed by atoms with van der Waals surface area (Å²) in [7, 11) is 0. The Kier molecular flexibility index (Phi) is 3.56. The van der Waals surface area contributed by atoms with Gasteiger partial charge in [-0.3, -0.25) is 0 Å². The van der Waals surface area contributed by atoms with Crippen molar-refractivity contribution in [1.29, 1.82) is 0 Å². The van der Waals surface area contributed by atoms with Crippen LogP contribution in [-0.4, -0.2) is 19.9 Å². The molecule has 0 saturated carbocycles. The Morgan fingerprint density at radius 3 is 2.65 bits per heavy atom. The first-order valence-corrected chi connectivity index (χ1v) is 7.68. The van der Waals surface area contributed by atoms with Gasteiger partial charge in [-0.1, -0.05) is 30.3 Å². The molecule has 0 aliphatic heterocycles. The molecule has 3 heterocycles. The number of H-pyrrole nitrogens is 1. The van der Waals surface area contributed by atoms with Crippen molar-refractivity contribution in [3.63, 3.8) is 0 Å². The third-order valence-electron chi connectivity index (χ3n) is 3.91. The number of pyridine rings is 1. The zero-order valence-electron chi connectivity index (χ0n) is 12.6. The van der Waals surface area contributed by atoms with Crippen molar-refractivity contribution < 1.29 is 0 Å². The van der Waals surface area contributed by atoms with Gasteiger partial charge in [0.05, 0.1) is 5.69 Å². The van der Waals surface area contributed by atoms with Gasteiger partial charge in [0.15, 0.2) is 0 Å². The van der Waals surface area contributed by atoms with Crippen molar-refractivity contribution in [2.45, 2.75) is 12.8 Å². The van der Waals surface area contributed by atoms with Crippen molar-refractivity contribution in [3.8, 4) is 11.3 Å². The standard InChI is InChI=1S/C19H16N4/c1-2-5-14(6-3-1)8-9-18-20-12-10-17(23-18)16-13-22-19-15(16)7-4-11-21-19/h1-7,10-13H,8-9H2,(H,21,22). The number of aromatic amines is 1. The third-order valence-corrected chi connectivity index (χ3v) is 3.91. The minimum Gasteiger partial charge on any atom is -0.345 e. The maximum atomic E-state index is 4.72. The Bertz CT molecular complexity index is 928. The lowest BCUT2D eigenvalue weighted by Gasteiger charge is -2.03. The molecular weight excluding hydrogens is 284 g/mol. The summed E-state index contributed by atoms with van der Waals surface area (Å²) < 4.78 is 0. The van der Waals surface area contributed by atoms with Crippen molar-refractivity contribution in [3.05, 3.63) is 78.5 Å². The van der Waals surface area contributed by atoms with Crippen LogP contribution in [-0.2, 0) is 12.8 Å². The van der Waals surface area contributed by atoms with Gasteiger partial charge >= 0.3 is 0 Å². The van der Waals surface area contributed by atoms with E-state index in [1.54, 1.807) is 6.20 Å². The number of nitrogens with zero attached hydrogens (tertiary/aromatic N) is 3. The summed E-state index contributed by atoms with van der Waals surface area (Å²) in [5.41, 5.74) is 4.18. The van der Waals surface area contributed by atoms with Crippen LogP contribution < -0.4 is 0 Å². The van der Waals surface area contributed by atoms with Crippen LogP contribution >= 0.6 is 0 Å². The second-order valence-electron chi connectivity index (χ2n) is 5.45. The molecule has 112 valence electrons. The Labute approximate surface area is 134 Å². The molecule has 0 atom stereocenters. The molecule has 3 aromatic heterocycles. The summed E-state index contributed by atoms with van der Waals surface area (Å²) in [6.45, 7) is 0. The second-order valence-corrected chi connectivity index (χ2v) is 5.45. The molecule has 4 nitrogen and oxygen atoms in total. The van der Waals surface area contributed by atoms with Crippen LogP contribution in [0.25, 0.3) is 22.3 Å². The highest BCUT2D eigenvalue weighted by molar-refractivity contribution is 5.92. The second kappa shape index (κ2) is 6.01. The van der Waals surface area contributed by atoms with Gasteiger partial charge in [0.25, 0.3) is 0 Å². The lowest BCUT2D eigenvalue weighted by Crippen LogP contribution is -1.99. The number of benzene rings is 1. The number of nitrogens with one attached hydrogen (secondary N) is 1. The van der Waals surface area contributed by atoms with E-state index < -0.39 is 0 Å². The maximum absolute atomic E-state index is 4.72. The largest absolute Gasteiger partial charge is 0.345 e. The highest BCUT2D eigenvalue weighted by Gasteiger charge is 2.09. The molecular formula is C19H16N4. The summed E-state index contributed by atoms with van der Waals surface area (Å²) in [6, 6.07) is 16.4. The fourth-order valence-electron chi connectivity index (χ4n) is 2.74. The fraction of sp³-hybridized carbons (Fsp3) is 0.105. The van der Waals surface area contributed by atoms with Crippen LogP contribution in [0.1, 0.15) is 11.4 Å². The summed E-state index contributed by atoms with van der Waals surface area (Å²) in [4.78, 5) is 16.6. The quantitative estimate of drug-likeness (QED) is 0.623. The van der Waals surface area contributed by atoms with Gasteiger partial charge in [-0.05, 0) is 30.2 Å². The molecule has 0 saturated heterocycles. The third kappa shape index (κ3) is 2.83. The van der Waals surface area contributed by atoms with E-state index in [1.807, 2.05) is 30.6 Å². The average molecular weight is 300 g/mol. The van der Waals surface area contributed by atoms with Gasteiger partial charge < -0.3 is 4.98 Å². The number of hydrogen-bond acceptors (Lipinski definition) is 3. The van der Waals surface area contributed by atoms with E-state index in [9.17, 15) is 0 Å². The van der Waals surface area contributed by atoms with Crippen LogP contribution in [0.5, 0.6) is 0 Å². The van der Waals surface area contributed by atoms with Crippen LogP contribution in [0.15, 0.2) is 67.1 Å². The zero-order chi connectivity index (χ0) is 15.5. The molecule has 0 fully saturated rings. The number of fused-ring (bicyclic) bond motifs is 1. The molecule has 0 unspecified atom stereocenters. The lowest BCUT2D eigenvalue weighted by atomic mass is 10.1. The molecule has 0 aliphatic rings. The minimum absolute atomic E-state index is 0.832. The van der Waals surface area contributed by atoms with Crippen LogP contribution in [0.4, 0.5) is 0 Å². The summed E-state index contributed by atoms with van der Waals surface area (Å²) >= 11 is 0. The highest BCUT2D eigenvalue weighted by atomic mass is 14.9. The monoisotopic (exact) mass is 300 g/mol. The van der Waals surface area contributed by atoms with Crippen LogP contribution in [0.2, 0.25) is 0 Å². The Morgan fingerprint density at radius 1 is 0.826 bits per heavy atom. The van der Waals surface area contributed by atoms with Gasteiger partial charge in [0.1, 0.15) is 11.5 Å². The molecule has 0 bridgehead atoms. The van der Waals surface area contributed by atoms with E-state index >= 15 is 0 Å². The number of hydrogen-bond donors (Lipinski definition) is 1. The van der Waals surface area contributed by atoms with Crippen LogP contribution in [0, 0.1) is 0 Å². The van der Waals surface area contributed by atoms with E-state index in [0.717, 1.165) is 41.0 Å². The number of aryl methyl sites for hydroxylation is 2. The average Bonchev–Trinajstić information content (AvgIpc) is 3.05. The molecule has 1 N–H and O–H groups in total. The first-order chi connectivity index (χ1) is 11.4. The maximum Gasteiger partial charge on any atom is 0.137 e. The van der Waals surface area contributed by atoms with Gasteiger partial charge in [0, 0.05) is 36.0 Å². The molecule has 0 spiro atoms. The molecule has 4 rings (SSSR count). The highest BCUT2D eigenvalue weighted by Crippen LogP contribution is 2.25. The van der Waals surface area contributed by atoms with Crippen molar-refractivity contribution in [2.24, 2.45) is 0 Å². The molecule has 0 radical (unpaired) electrons. The van der Waals surface area contributed by atoms with E-state index in [-0.39, 0.29) is 0 Å². The van der Waals surface area contributed by atoms with Gasteiger partial charge in [-0.2, -0.15) is 0 Å². The Morgan fingerprint density at radius 2 is 1.74 bits per heavy atom. The fourth-order valence-corrected chi connectivity index (χ4v) is 2.74. The topological polar surface area (TPSA) is 54.5 Å². The molecule has 0 aliphatic carbocycles. The Hall–Kier alpha value is -3.01. The zero-order valence-corrected chi connectivity index (χ0v) is 12.6. The number of aromatic nitrogens is 4. The van der Waals surface area contributed by atoms with E-state index in [0.29, 0.717) is 0 Å². The van der Waals surface area contributed by atoms with Gasteiger partial charge in [-0.25, -0.2) is 15.0 Å². The molecule has 1 aromatic carbocycles. The minimum atomic E-state index is 0.832. The van der Waals surface area contributed by atoms with Gasteiger partial charge in [0.2, 0.25) is 0 Å². The molecule has 0 amide bonds. The number of rotatable bonds is 4. The molecule has 4 aromatic rings. The molecule has 4 heteroatoms. The first-order valence-electron chi connectivity index (χ1n) is 7.68. The van der Waals surface area contributed by atoms with E-state index in [2.05, 4.69) is 45.3 Å². The predicted octanol–water partition coefficient (Wildman–Crippen LogP) is 3.81.